The number of carbonyl (C=O) groups excluding carboxylic acids is 1. The van der Waals surface area contributed by atoms with Crippen LogP contribution in [0, 0.1) is 0 Å². The zero-order chi connectivity index (χ0) is 12.8. The van der Waals surface area contributed by atoms with Crippen LogP contribution in [-0.4, -0.2) is 42.2 Å². The quantitative estimate of drug-likeness (QED) is 0.808. The largest absolute Gasteiger partial charge is 0.353 e. The van der Waals surface area contributed by atoms with Gasteiger partial charge in [0, 0.05) is 30.6 Å². The summed E-state index contributed by atoms with van der Waals surface area (Å²) in [4.78, 5) is 15.2. The van der Waals surface area contributed by atoms with Gasteiger partial charge >= 0.3 is 0 Å². The molecule has 0 unspecified atom stereocenters. The summed E-state index contributed by atoms with van der Waals surface area (Å²) in [6.45, 7) is 3.31. The maximum atomic E-state index is 11.2. The lowest BCUT2D eigenvalue weighted by Crippen LogP contribution is -2.45. The third kappa shape index (κ3) is 4.30. The summed E-state index contributed by atoms with van der Waals surface area (Å²) in [6, 6.07) is 4.66. The van der Waals surface area contributed by atoms with Crippen molar-refractivity contribution >= 4 is 29.9 Å². The van der Waals surface area contributed by atoms with E-state index in [9.17, 15) is 4.79 Å². The maximum Gasteiger partial charge on any atom is 0.229 e. The van der Waals surface area contributed by atoms with Crippen molar-refractivity contribution in [3.8, 4) is 0 Å². The minimum atomic E-state index is 0.0513. The van der Waals surface area contributed by atoms with Crippen molar-refractivity contribution in [2.45, 2.75) is 25.3 Å². The van der Waals surface area contributed by atoms with E-state index in [1.165, 1.54) is 4.88 Å². The smallest absolute Gasteiger partial charge is 0.229 e. The SMILES string of the molecule is O=C(CS)NC1CCN(CCc2cccs2)CC1. The molecule has 1 aromatic rings. The minimum absolute atomic E-state index is 0.0513. The summed E-state index contributed by atoms with van der Waals surface area (Å²) < 4.78 is 0. The number of nitrogens with zero attached hydrogens (tertiary/aromatic N) is 1. The Balaban J connectivity index is 1.65. The lowest BCUT2D eigenvalue weighted by molar-refractivity contribution is -0.119. The molecule has 1 saturated heterocycles. The Labute approximate surface area is 118 Å². The number of rotatable bonds is 5. The molecule has 1 aromatic heterocycles. The number of thiophene rings is 1. The van der Waals surface area contributed by atoms with E-state index < -0.39 is 0 Å². The molecule has 1 aliphatic rings. The van der Waals surface area contributed by atoms with Crippen molar-refractivity contribution in [2.75, 3.05) is 25.4 Å². The van der Waals surface area contributed by atoms with Crippen LogP contribution in [0.25, 0.3) is 0 Å². The molecule has 2 rings (SSSR count). The van der Waals surface area contributed by atoms with E-state index in [1.807, 2.05) is 11.3 Å². The number of nitrogens with one attached hydrogen (secondary N) is 1. The Morgan fingerprint density at radius 3 is 2.89 bits per heavy atom. The van der Waals surface area contributed by atoms with E-state index >= 15 is 0 Å². The Bertz CT molecular complexity index is 359. The van der Waals surface area contributed by atoms with Crippen LogP contribution in [0.3, 0.4) is 0 Å². The molecule has 0 aliphatic carbocycles. The standard InChI is InChI=1S/C13H20N2OS2/c16-13(10-17)14-11-3-6-15(7-4-11)8-5-12-2-1-9-18-12/h1-2,9,11,17H,3-8,10H2,(H,14,16). The number of hydrogen-bond donors (Lipinski definition) is 2. The molecule has 1 N–H and O–H groups in total. The average molecular weight is 284 g/mol. The lowest BCUT2D eigenvalue weighted by Gasteiger charge is -2.32. The minimum Gasteiger partial charge on any atom is -0.353 e. The van der Waals surface area contributed by atoms with Gasteiger partial charge in [-0.05, 0) is 30.7 Å². The van der Waals surface area contributed by atoms with Crippen LogP contribution in [0.5, 0.6) is 0 Å². The molecule has 1 aliphatic heterocycles. The predicted molar refractivity (Wildman–Crippen MR) is 79.5 cm³/mol. The van der Waals surface area contributed by atoms with Crippen LogP contribution in [0.15, 0.2) is 17.5 Å². The molecule has 0 bridgehead atoms. The third-order valence-corrected chi connectivity index (χ3v) is 4.57. The molecule has 2 heterocycles. The van der Waals surface area contributed by atoms with E-state index in [1.54, 1.807) is 0 Å². The van der Waals surface area contributed by atoms with Crippen LogP contribution in [0.4, 0.5) is 0 Å². The van der Waals surface area contributed by atoms with E-state index in [2.05, 4.69) is 40.4 Å². The highest BCUT2D eigenvalue weighted by atomic mass is 32.1. The first-order chi connectivity index (χ1) is 8.78. The van der Waals surface area contributed by atoms with Crippen LogP contribution < -0.4 is 5.32 Å². The monoisotopic (exact) mass is 284 g/mol. The van der Waals surface area contributed by atoms with Gasteiger partial charge in [-0.3, -0.25) is 4.79 Å². The normalized spacial score (nSPS) is 17.8. The van der Waals surface area contributed by atoms with Gasteiger partial charge in [-0.15, -0.1) is 11.3 Å². The third-order valence-electron chi connectivity index (χ3n) is 3.35. The second-order valence-electron chi connectivity index (χ2n) is 4.67. The summed E-state index contributed by atoms with van der Waals surface area (Å²) in [5.74, 6) is 0.342. The van der Waals surface area contributed by atoms with Gasteiger partial charge in [0.1, 0.15) is 0 Å². The molecular weight excluding hydrogens is 264 g/mol. The second-order valence-corrected chi connectivity index (χ2v) is 6.02. The Hall–Kier alpha value is -0.520. The van der Waals surface area contributed by atoms with Gasteiger partial charge in [-0.25, -0.2) is 0 Å². The highest BCUT2D eigenvalue weighted by Gasteiger charge is 2.19. The first-order valence-corrected chi connectivity index (χ1v) is 7.94. The van der Waals surface area contributed by atoms with Crippen molar-refractivity contribution in [1.82, 2.24) is 10.2 Å². The summed E-state index contributed by atoms with van der Waals surface area (Å²) in [5, 5.41) is 5.15. The topological polar surface area (TPSA) is 32.3 Å². The summed E-state index contributed by atoms with van der Waals surface area (Å²) in [6.07, 6.45) is 3.26. The molecule has 100 valence electrons. The van der Waals surface area contributed by atoms with Gasteiger partial charge in [0.05, 0.1) is 5.75 Å². The van der Waals surface area contributed by atoms with Gasteiger partial charge in [-0.2, -0.15) is 12.6 Å². The first kappa shape index (κ1) is 13.9. The van der Waals surface area contributed by atoms with E-state index in [-0.39, 0.29) is 5.91 Å². The molecular formula is C13H20N2OS2. The highest BCUT2D eigenvalue weighted by Crippen LogP contribution is 2.13. The van der Waals surface area contributed by atoms with Gasteiger partial charge < -0.3 is 10.2 Å². The van der Waals surface area contributed by atoms with E-state index in [0.29, 0.717) is 11.8 Å². The second kappa shape index (κ2) is 7.16. The Morgan fingerprint density at radius 2 is 2.28 bits per heavy atom. The molecule has 0 radical (unpaired) electrons. The average Bonchev–Trinajstić information content (AvgIpc) is 2.91. The van der Waals surface area contributed by atoms with Crippen molar-refractivity contribution in [3.63, 3.8) is 0 Å². The van der Waals surface area contributed by atoms with Crippen LogP contribution in [0.1, 0.15) is 17.7 Å². The Kier molecular flexibility index (Phi) is 5.53. The van der Waals surface area contributed by atoms with Crippen molar-refractivity contribution in [1.29, 1.82) is 0 Å². The summed E-state index contributed by atoms with van der Waals surface area (Å²) in [7, 11) is 0. The van der Waals surface area contributed by atoms with Gasteiger partial charge in [0.15, 0.2) is 0 Å². The van der Waals surface area contributed by atoms with Crippen LogP contribution in [-0.2, 0) is 11.2 Å². The van der Waals surface area contributed by atoms with Crippen molar-refractivity contribution < 1.29 is 4.79 Å². The fourth-order valence-corrected chi connectivity index (χ4v) is 3.09. The molecule has 5 heteroatoms. The fraction of sp³-hybridized carbons (Fsp3) is 0.615. The summed E-state index contributed by atoms with van der Waals surface area (Å²) in [5.41, 5.74) is 0. The molecule has 3 nitrogen and oxygen atoms in total. The molecule has 0 spiro atoms. The Morgan fingerprint density at radius 1 is 1.50 bits per heavy atom. The number of amides is 1. The van der Waals surface area contributed by atoms with E-state index in [4.69, 9.17) is 0 Å². The molecule has 0 saturated carbocycles. The predicted octanol–water partition coefficient (Wildman–Crippen LogP) is 1.80. The van der Waals surface area contributed by atoms with Crippen molar-refractivity contribution in [2.24, 2.45) is 0 Å². The lowest BCUT2D eigenvalue weighted by atomic mass is 10.0. The fourth-order valence-electron chi connectivity index (χ4n) is 2.30. The van der Waals surface area contributed by atoms with E-state index in [0.717, 1.165) is 38.9 Å². The maximum absolute atomic E-state index is 11.2. The van der Waals surface area contributed by atoms with Gasteiger partial charge in [0.25, 0.3) is 0 Å². The first-order valence-electron chi connectivity index (χ1n) is 6.43. The van der Waals surface area contributed by atoms with Crippen LogP contribution >= 0.6 is 24.0 Å². The molecule has 1 amide bonds. The van der Waals surface area contributed by atoms with Gasteiger partial charge in [-0.1, -0.05) is 6.07 Å². The number of thiol groups is 1. The highest BCUT2D eigenvalue weighted by molar-refractivity contribution is 7.81. The number of hydrogen-bond acceptors (Lipinski definition) is 4. The molecule has 0 atom stereocenters. The number of carbonyl (C=O) groups is 1. The molecule has 1 fully saturated rings. The van der Waals surface area contributed by atoms with Gasteiger partial charge in [0.2, 0.25) is 5.91 Å². The summed E-state index contributed by atoms with van der Waals surface area (Å²) >= 11 is 5.81. The molecule has 18 heavy (non-hydrogen) atoms. The zero-order valence-corrected chi connectivity index (χ0v) is 12.2. The molecule has 0 aromatic carbocycles. The number of piperidine rings is 1. The van der Waals surface area contributed by atoms with Crippen LogP contribution in [0.2, 0.25) is 0 Å². The number of likely N-dealkylation sites (tertiary alicyclic amines) is 1. The zero-order valence-electron chi connectivity index (χ0n) is 10.5. The van der Waals surface area contributed by atoms with Crippen molar-refractivity contribution in [3.05, 3.63) is 22.4 Å².